The second-order valence-electron chi connectivity index (χ2n) is 5.85. The first-order valence-corrected chi connectivity index (χ1v) is 10.0. The molecule has 8 heteroatoms. The first-order valence-electron chi connectivity index (χ1n) is 8.21. The van der Waals surface area contributed by atoms with Crippen molar-refractivity contribution in [3.8, 4) is 0 Å². The number of aromatic nitrogens is 3. The Morgan fingerprint density at radius 1 is 1.40 bits per heavy atom. The zero-order valence-electron chi connectivity index (χ0n) is 13.5. The molecular formula is C17H18N4O2S2. The van der Waals surface area contributed by atoms with E-state index in [-0.39, 0.29) is 11.9 Å². The van der Waals surface area contributed by atoms with Crippen LogP contribution in [0.25, 0.3) is 10.9 Å². The maximum Gasteiger partial charge on any atom is 0.206 e. The molecule has 2 N–H and O–H groups in total. The molecule has 1 aliphatic heterocycles. The van der Waals surface area contributed by atoms with Crippen molar-refractivity contribution in [2.24, 2.45) is 0 Å². The molecule has 130 valence electrons. The van der Waals surface area contributed by atoms with Crippen LogP contribution in [0.3, 0.4) is 0 Å². The minimum absolute atomic E-state index is 0.0894. The molecule has 1 saturated heterocycles. The number of aromatic amines is 1. The van der Waals surface area contributed by atoms with E-state index in [1.54, 1.807) is 6.20 Å². The Morgan fingerprint density at radius 3 is 3.20 bits per heavy atom. The van der Waals surface area contributed by atoms with Crippen LogP contribution in [0.1, 0.15) is 23.2 Å². The molecule has 0 radical (unpaired) electrons. The summed E-state index contributed by atoms with van der Waals surface area (Å²) in [6, 6.07) is 7.82. The van der Waals surface area contributed by atoms with Gasteiger partial charge in [-0.1, -0.05) is 41.3 Å². The highest BCUT2D eigenvalue weighted by molar-refractivity contribution is 8.01. The van der Waals surface area contributed by atoms with Gasteiger partial charge in [0, 0.05) is 35.8 Å². The summed E-state index contributed by atoms with van der Waals surface area (Å²) in [5.74, 6) is 0.439. The third kappa shape index (κ3) is 3.86. The summed E-state index contributed by atoms with van der Waals surface area (Å²) in [5.41, 5.74) is 1.71. The van der Waals surface area contributed by atoms with Gasteiger partial charge in [0.25, 0.3) is 0 Å². The number of hydrogen-bond donors (Lipinski definition) is 2. The number of hydrogen-bond acceptors (Lipinski definition) is 7. The van der Waals surface area contributed by atoms with E-state index in [1.165, 1.54) is 23.1 Å². The molecular weight excluding hydrogens is 356 g/mol. The van der Waals surface area contributed by atoms with Crippen molar-refractivity contribution in [2.75, 3.05) is 24.2 Å². The Hall–Kier alpha value is -1.90. The van der Waals surface area contributed by atoms with Crippen LogP contribution in [0.15, 0.2) is 34.8 Å². The summed E-state index contributed by atoms with van der Waals surface area (Å²) >= 11 is 2.90. The molecule has 1 fully saturated rings. The average molecular weight is 374 g/mol. The maximum absolute atomic E-state index is 12.5. The Balaban J connectivity index is 1.32. The number of para-hydroxylation sites is 1. The lowest BCUT2D eigenvalue weighted by molar-refractivity contribution is 0.102. The lowest BCUT2D eigenvalue weighted by Gasteiger charge is -2.08. The standard InChI is InChI=1S/C17H18N4O2S2/c22-15(13-9-18-14-6-2-1-5-12(13)14)10-24-17-21-20-16(25-17)19-8-11-4-3-7-23-11/h1-2,5-6,9,11,18H,3-4,7-8,10H2,(H,19,20)/t11-/m0/s1. The van der Waals surface area contributed by atoms with Gasteiger partial charge in [0.1, 0.15) is 0 Å². The first kappa shape index (κ1) is 16.6. The van der Waals surface area contributed by atoms with Crippen molar-refractivity contribution in [3.05, 3.63) is 36.0 Å². The zero-order chi connectivity index (χ0) is 17.1. The number of nitrogens with zero attached hydrogens (tertiary/aromatic N) is 2. The number of ketones is 1. The summed E-state index contributed by atoms with van der Waals surface area (Å²) in [4.78, 5) is 15.6. The van der Waals surface area contributed by atoms with Gasteiger partial charge >= 0.3 is 0 Å². The number of ether oxygens (including phenoxy) is 1. The number of nitrogens with one attached hydrogen (secondary N) is 2. The van der Waals surface area contributed by atoms with E-state index < -0.39 is 0 Å². The molecule has 1 atom stereocenters. The van der Waals surface area contributed by atoms with Crippen molar-refractivity contribution in [3.63, 3.8) is 0 Å². The molecule has 6 nitrogen and oxygen atoms in total. The van der Waals surface area contributed by atoms with E-state index in [9.17, 15) is 4.79 Å². The molecule has 0 aliphatic carbocycles. The Labute approximate surface area is 153 Å². The molecule has 3 aromatic rings. The topological polar surface area (TPSA) is 79.9 Å². The lowest BCUT2D eigenvalue weighted by atomic mass is 10.1. The largest absolute Gasteiger partial charge is 0.376 e. The molecule has 0 amide bonds. The van der Waals surface area contributed by atoms with Gasteiger partial charge in [-0.05, 0) is 18.9 Å². The molecule has 0 unspecified atom stereocenters. The highest BCUT2D eigenvalue weighted by atomic mass is 32.2. The second kappa shape index (κ2) is 7.55. The van der Waals surface area contributed by atoms with E-state index >= 15 is 0 Å². The molecule has 1 aliphatic rings. The normalized spacial score (nSPS) is 17.2. The number of benzene rings is 1. The van der Waals surface area contributed by atoms with E-state index in [1.807, 2.05) is 24.3 Å². The number of H-pyrrole nitrogens is 1. The van der Waals surface area contributed by atoms with E-state index in [2.05, 4.69) is 20.5 Å². The minimum atomic E-state index is 0.0894. The average Bonchev–Trinajstić information content (AvgIpc) is 3.38. The van der Waals surface area contributed by atoms with Gasteiger partial charge < -0.3 is 15.0 Å². The van der Waals surface area contributed by atoms with Gasteiger partial charge in [0.2, 0.25) is 5.13 Å². The number of thioether (sulfide) groups is 1. The monoisotopic (exact) mass is 374 g/mol. The summed E-state index contributed by atoms with van der Waals surface area (Å²) in [5, 5.41) is 13.3. The number of fused-ring (bicyclic) bond motifs is 1. The third-order valence-corrected chi connectivity index (χ3v) is 6.14. The van der Waals surface area contributed by atoms with Crippen LogP contribution in [0.2, 0.25) is 0 Å². The van der Waals surface area contributed by atoms with Crippen LogP contribution in [-0.4, -0.2) is 46.0 Å². The molecule has 3 heterocycles. The van der Waals surface area contributed by atoms with Crippen molar-refractivity contribution in [1.29, 1.82) is 0 Å². The third-order valence-electron chi connectivity index (χ3n) is 4.13. The highest BCUT2D eigenvalue weighted by Gasteiger charge is 2.17. The molecule has 0 saturated carbocycles. The van der Waals surface area contributed by atoms with Crippen LogP contribution >= 0.6 is 23.1 Å². The fraction of sp³-hybridized carbons (Fsp3) is 0.353. The Morgan fingerprint density at radius 2 is 2.32 bits per heavy atom. The zero-order valence-corrected chi connectivity index (χ0v) is 15.2. The molecule has 4 rings (SSSR count). The van der Waals surface area contributed by atoms with Crippen molar-refractivity contribution in [2.45, 2.75) is 23.3 Å². The van der Waals surface area contributed by atoms with Gasteiger partial charge in [-0.15, -0.1) is 10.2 Å². The van der Waals surface area contributed by atoms with E-state index in [0.717, 1.165) is 51.9 Å². The van der Waals surface area contributed by atoms with E-state index in [4.69, 9.17) is 4.74 Å². The number of carbonyl (C=O) groups is 1. The summed E-state index contributed by atoms with van der Waals surface area (Å²) in [6.07, 6.45) is 4.26. The summed E-state index contributed by atoms with van der Waals surface area (Å²) in [6.45, 7) is 1.60. The fourth-order valence-electron chi connectivity index (χ4n) is 2.85. The van der Waals surface area contributed by atoms with Crippen molar-refractivity contribution in [1.82, 2.24) is 15.2 Å². The van der Waals surface area contributed by atoms with Crippen LogP contribution in [0, 0.1) is 0 Å². The second-order valence-corrected chi connectivity index (χ2v) is 8.05. The molecule has 0 bridgehead atoms. The van der Waals surface area contributed by atoms with Gasteiger partial charge in [-0.25, -0.2) is 0 Å². The molecule has 2 aromatic heterocycles. The smallest absolute Gasteiger partial charge is 0.206 e. The molecule has 25 heavy (non-hydrogen) atoms. The molecule has 0 spiro atoms. The van der Waals surface area contributed by atoms with Crippen LogP contribution in [0.5, 0.6) is 0 Å². The molecule has 1 aromatic carbocycles. The Kier molecular flexibility index (Phi) is 5.00. The van der Waals surface area contributed by atoms with Crippen LogP contribution < -0.4 is 5.32 Å². The van der Waals surface area contributed by atoms with Gasteiger partial charge in [-0.2, -0.15) is 0 Å². The van der Waals surface area contributed by atoms with Gasteiger partial charge in [0.05, 0.1) is 11.9 Å². The predicted octanol–water partition coefficient (Wildman–Crippen LogP) is 3.59. The number of rotatable bonds is 7. The van der Waals surface area contributed by atoms with Crippen molar-refractivity contribution >= 4 is 44.9 Å². The fourth-order valence-corrected chi connectivity index (χ4v) is 4.50. The predicted molar refractivity (Wildman–Crippen MR) is 101 cm³/mol. The maximum atomic E-state index is 12.5. The SMILES string of the molecule is O=C(CSc1nnc(NC[C@@H]2CCCO2)s1)c1c[nH]c2ccccc12. The number of anilines is 1. The minimum Gasteiger partial charge on any atom is -0.376 e. The number of Topliss-reactive ketones (excluding diaryl/α,β-unsaturated/α-hetero) is 1. The van der Waals surface area contributed by atoms with Gasteiger partial charge in [-0.3, -0.25) is 4.79 Å². The highest BCUT2D eigenvalue weighted by Crippen LogP contribution is 2.27. The van der Waals surface area contributed by atoms with Crippen LogP contribution in [-0.2, 0) is 4.74 Å². The summed E-state index contributed by atoms with van der Waals surface area (Å²) in [7, 11) is 0. The van der Waals surface area contributed by atoms with Crippen LogP contribution in [0.4, 0.5) is 5.13 Å². The summed E-state index contributed by atoms with van der Waals surface area (Å²) < 4.78 is 6.37. The number of carbonyl (C=O) groups excluding carboxylic acids is 1. The van der Waals surface area contributed by atoms with Crippen molar-refractivity contribution < 1.29 is 9.53 Å². The lowest BCUT2D eigenvalue weighted by Crippen LogP contribution is -2.18. The first-order chi connectivity index (χ1) is 12.3. The quantitative estimate of drug-likeness (QED) is 0.486. The van der Waals surface area contributed by atoms with E-state index in [0.29, 0.717) is 5.75 Å². The Bertz CT molecular complexity index is 870. The van der Waals surface area contributed by atoms with Gasteiger partial charge in [0.15, 0.2) is 10.1 Å².